The number of Topliss-reactive ketones (excluding diaryl/α,β-unsaturated/α-hetero) is 1. The molecule has 4 nitrogen and oxygen atoms in total. The van der Waals surface area contributed by atoms with Crippen molar-refractivity contribution in [1.82, 2.24) is 4.98 Å². The van der Waals surface area contributed by atoms with E-state index in [1.54, 1.807) is 6.20 Å². The molecule has 2 aromatic rings. The van der Waals surface area contributed by atoms with Crippen molar-refractivity contribution in [3.63, 3.8) is 0 Å². The lowest BCUT2D eigenvalue weighted by Gasteiger charge is -1.94. The molecule has 1 aromatic heterocycles. The predicted octanol–water partition coefficient (Wildman–Crippen LogP) is 2.86. The molecule has 17 heavy (non-hydrogen) atoms. The van der Waals surface area contributed by atoms with Crippen LogP contribution < -0.4 is 5.43 Å². The monoisotopic (exact) mass is 261 g/mol. The largest absolute Gasteiger partial charge is 0.286 e. The van der Waals surface area contributed by atoms with E-state index in [1.165, 1.54) is 23.1 Å². The summed E-state index contributed by atoms with van der Waals surface area (Å²) in [7, 11) is 0. The van der Waals surface area contributed by atoms with Crippen molar-refractivity contribution in [2.24, 2.45) is 5.10 Å². The molecule has 0 aliphatic carbocycles. The summed E-state index contributed by atoms with van der Waals surface area (Å²) in [4.78, 5) is 16.9. The van der Waals surface area contributed by atoms with Gasteiger partial charge in [0.05, 0.1) is 0 Å². The van der Waals surface area contributed by atoms with Gasteiger partial charge in [0, 0.05) is 22.0 Å². The SMILES string of the molecule is O=C1C(=NNc2nccs2)Sc2ccccc21. The number of hydrogen-bond acceptors (Lipinski definition) is 6. The Balaban J connectivity index is 1.84. The lowest BCUT2D eigenvalue weighted by Crippen LogP contribution is -2.06. The van der Waals surface area contributed by atoms with Gasteiger partial charge in [-0.3, -0.25) is 10.2 Å². The van der Waals surface area contributed by atoms with Gasteiger partial charge in [-0.15, -0.1) is 11.3 Å². The van der Waals surface area contributed by atoms with Crippen LogP contribution in [0.25, 0.3) is 0 Å². The Hall–Kier alpha value is -1.66. The van der Waals surface area contributed by atoms with E-state index in [0.29, 0.717) is 10.2 Å². The molecule has 0 amide bonds. The van der Waals surface area contributed by atoms with Crippen LogP contribution in [0.15, 0.2) is 45.8 Å². The van der Waals surface area contributed by atoms with Gasteiger partial charge in [-0.1, -0.05) is 23.9 Å². The van der Waals surface area contributed by atoms with Gasteiger partial charge in [-0.2, -0.15) is 5.10 Å². The molecule has 0 bridgehead atoms. The van der Waals surface area contributed by atoms with Gasteiger partial charge in [0.2, 0.25) is 10.9 Å². The van der Waals surface area contributed by atoms with E-state index in [0.717, 1.165) is 10.5 Å². The Labute approximate surface area is 106 Å². The molecule has 0 spiro atoms. The minimum absolute atomic E-state index is 0.0327. The number of rotatable bonds is 2. The van der Waals surface area contributed by atoms with E-state index in [2.05, 4.69) is 15.5 Å². The molecule has 1 aromatic carbocycles. The first-order valence-electron chi connectivity index (χ1n) is 4.89. The third-order valence-corrected chi connectivity index (χ3v) is 3.94. The summed E-state index contributed by atoms with van der Waals surface area (Å²) >= 11 is 2.82. The zero-order chi connectivity index (χ0) is 11.7. The smallest absolute Gasteiger partial charge is 0.221 e. The molecule has 3 rings (SSSR count). The Bertz CT molecular complexity index is 593. The van der Waals surface area contributed by atoms with Crippen molar-refractivity contribution in [3.8, 4) is 0 Å². The highest BCUT2D eigenvalue weighted by Gasteiger charge is 2.27. The highest BCUT2D eigenvalue weighted by atomic mass is 32.2. The first kappa shape index (κ1) is 10.5. The number of carbonyl (C=O) groups excluding carboxylic acids is 1. The van der Waals surface area contributed by atoms with Crippen LogP contribution in [0.5, 0.6) is 0 Å². The second kappa shape index (κ2) is 4.31. The van der Waals surface area contributed by atoms with Crippen LogP contribution in [0.2, 0.25) is 0 Å². The minimum Gasteiger partial charge on any atom is -0.286 e. The molecule has 0 unspecified atom stereocenters. The number of nitrogens with one attached hydrogen (secondary N) is 1. The normalized spacial score (nSPS) is 16.2. The first-order valence-corrected chi connectivity index (χ1v) is 6.59. The summed E-state index contributed by atoms with van der Waals surface area (Å²) in [6.07, 6.45) is 1.69. The second-order valence-corrected chi connectivity index (χ2v) is 5.22. The molecule has 1 aliphatic rings. The van der Waals surface area contributed by atoms with Crippen LogP contribution in [0.4, 0.5) is 5.13 Å². The van der Waals surface area contributed by atoms with Gasteiger partial charge in [-0.05, 0) is 12.1 Å². The maximum atomic E-state index is 11.9. The Morgan fingerprint density at radius 1 is 1.29 bits per heavy atom. The average Bonchev–Trinajstić information content (AvgIpc) is 2.96. The molecule has 2 heterocycles. The van der Waals surface area contributed by atoms with Gasteiger partial charge in [0.25, 0.3) is 0 Å². The lowest BCUT2D eigenvalue weighted by atomic mass is 10.1. The minimum atomic E-state index is -0.0327. The number of nitrogens with zero attached hydrogens (tertiary/aromatic N) is 2. The molecule has 0 saturated carbocycles. The molecule has 0 saturated heterocycles. The number of hydrogen-bond donors (Lipinski definition) is 1. The fourth-order valence-electron chi connectivity index (χ4n) is 1.46. The van der Waals surface area contributed by atoms with Crippen molar-refractivity contribution < 1.29 is 4.79 Å². The van der Waals surface area contributed by atoms with E-state index in [-0.39, 0.29) is 5.78 Å². The molecule has 0 fully saturated rings. The van der Waals surface area contributed by atoms with Crippen LogP contribution in [-0.4, -0.2) is 15.8 Å². The highest BCUT2D eigenvalue weighted by molar-refractivity contribution is 8.16. The van der Waals surface area contributed by atoms with Gasteiger partial charge >= 0.3 is 0 Å². The summed E-state index contributed by atoms with van der Waals surface area (Å²) < 4.78 is 0. The number of thiazole rings is 1. The van der Waals surface area contributed by atoms with Crippen molar-refractivity contribution in [2.75, 3.05) is 5.43 Å². The van der Waals surface area contributed by atoms with Crippen LogP contribution in [0.3, 0.4) is 0 Å². The number of ketones is 1. The summed E-state index contributed by atoms with van der Waals surface area (Å²) in [5.74, 6) is -0.0327. The highest BCUT2D eigenvalue weighted by Crippen LogP contribution is 2.33. The third kappa shape index (κ3) is 1.96. The molecular weight excluding hydrogens is 254 g/mol. The molecule has 1 aliphatic heterocycles. The quantitative estimate of drug-likeness (QED) is 0.845. The van der Waals surface area contributed by atoms with Crippen molar-refractivity contribution in [1.29, 1.82) is 0 Å². The number of aromatic nitrogens is 1. The van der Waals surface area contributed by atoms with Crippen LogP contribution >= 0.6 is 23.1 Å². The van der Waals surface area contributed by atoms with E-state index < -0.39 is 0 Å². The Kier molecular flexibility index (Phi) is 2.66. The van der Waals surface area contributed by atoms with E-state index >= 15 is 0 Å². The number of carbonyl (C=O) groups is 1. The Morgan fingerprint density at radius 2 is 2.18 bits per heavy atom. The van der Waals surface area contributed by atoms with Gasteiger partial charge < -0.3 is 0 Å². The van der Waals surface area contributed by atoms with Crippen molar-refractivity contribution in [3.05, 3.63) is 41.4 Å². The fraction of sp³-hybridized carbons (Fsp3) is 0. The van der Waals surface area contributed by atoms with E-state index in [4.69, 9.17) is 0 Å². The topological polar surface area (TPSA) is 54.4 Å². The fourth-order valence-corrected chi connectivity index (χ4v) is 2.85. The van der Waals surface area contributed by atoms with Gasteiger partial charge in [0.15, 0.2) is 5.04 Å². The molecule has 84 valence electrons. The molecule has 1 N–H and O–H groups in total. The number of benzene rings is 1. The zero-order valence-electron chi connectivity index (χ0n) is 8.58. The molecule has 0 radical (unpaired) electrons. The van der Waals surface area contributed by atoms with Crippen LogP contribution in [-0.2, 0) is 0 Å². The summed E-state index contributed by atoms with van der Waals surface area (Å²) in [6.45, 7) is 0. The van der Waals surface area contributed by atoms with E-state index in [9.17, 15) is 4.79 Å². The lowest BCUT2D eigenvalue weighted by molar-refractivity contribution is 0.106. The number of thioether (sulfide) groups is 1. The van der Waals surface area contributed by atoms with Crippen LogP contribution in [0.1, 0.15) is 10.4 Å². The number of hydrazone groups is 1. The van der Waals surface area contributed by atoms with E-state index in [1.807, 2.05) is 29.6 Å². The zero-order valence-corrected chi connectivity index (χ0v) is 10.2. The maximum Gasteiger partial charge on any atom is 0.221 e. The first-order chi connectivity index (χ1) is 8.34. The van der Waals surface area contributed by atoms with Crippen molar-refractivity contribution in [2.45, 2.75) is 4.90 Å². The summed E-state index contributed by atoms with van der Waals surface area (Å²) in [5.41, 5.74) is 3.51. The van der Waals surface area contributed by atoms with Gasteiger partial charge in [0.1, 0.15) is 0 Å². The number of fused-ring (bicyclic) bond motifs is 1. The average molecular weight is 261 g/mol. The second-order valence-electron chi connectivity index (χ2n) is 3.29. The molecule has 6 heteroatoms. The van der Waals surface area contributed by atoms with Crippen LogP contribution in [0, 0.1) is 0 Å². The maximum absolute atomic E-state index is 11.9. The van der Waals surface area contributed by atoms with Crippen molar-refractivity contribution >= 4 is 39.1 Å². The summed E-state index contributed by atoms with van der Waals surface area (Å²) in [6, 6.07) is 7.51. The number of anilines is 1. The van der Waals surface area contributed by atoms with Gasteiger partial charge in [-0.25, -0.2) is 4.98 Å². The molecular formula is C11H7N3OS2. The molecule has 0 atom stereocenters. The summed E-state index contributed by atoms with van der Waals surface area (Å²) in [5, 5.41) is 7.08. The standard InChI is InChI=1S/C11H7N3OS2/c15-9-7-3-1-2-4-8(7)17-10(9)13-14-11-12-5-6-16-11/h1-6H,(H,12,14). The predicted molar refractivity (Wildman–Crippen MR) is 69.8 cm³/mol. The third-order valence-electron chi connectivity index (χ3n) is 2.22. The Morgan fingerprint density at radius 3 is 2.94 bits per heavy atom.